The van der Waals surface area contributed by atoms with Gasteiger partial charge in [-0.05, 0) is 53.9 Å². The smallest absolute Gasteiger partial charge is 0.311 e. The molecule has 0 rings (SSSR count). The van der Waals surface area contributed by atoms with E-state index in [9.17, 15) is 14.4 Å². The maximum absolute atomic E-state index is 12.4. The third-order valence-corrected chi connectivity index (χ3v) is 5.03. The van der Waals surface area contributed by atoms with Crippen LogP contribution in [-0.2, 0) is 28.6 Å². The lowest BCUT2D eigenvalue weighted by Crippen LogP contribution is -2.38. The van der Waals surface area contributed by atoms with Crippen molar-refractivity contribution in [2.24, 2.45) is 16.2 Å². The van der Waals surface area contributed by atoms with Crippen LogP contribution in [0.4, 0.5) is 0 Å². The summed E-state index contributed by atoms with van der Waals surface area (Å²) in [7, 11) is 1.35. The lowest BCUT2D eigenvalue weighted by Gasteiger charge is -2.33. The molecule has 0 aromatic carbocycles. The van der Waals surface area contributed by atoms with Crippen LogP contribution in [0.2, 0.25) is 0 Å². The number of hydrogen-bond acceptors (Lipinski definition) is 6. The fraction of sp³-hybridized carbons (Fsp3) is 0.850. The second kappa shape index (κ2) is 9.93. The van der Waals surface area contributed by atoms with Gasteiger partial charge in [0.2, 0.25) is 0 Å². The molecular formula is C20H36O6. The van der Waals surface area contributed by atoms with E-state index in [1.54, 1.807) is 20.8 Å². The van der Waals surface area contributed by atoms with Crippen LogP contribution >= 0.6 is 0 Å². The van der Waals surface area contributed by atoms with Crippen LogP contribution in [0.15, 0.2) is 0 Å². The average Bonchev–Trinajstić information content (AvgIpc) is 2.59. The van der Waals surface area contributed by atoms with Gasteiger partial charge in [0.05, 0.1) is 36.6 Å². The van der Waals surface area contributed by atoms with Crippen molar-refractivity contribution in [1.82, 2.24) is 0 Å². The first-order chi connectivity index (χ1) is 11.9. The summed E-state index contributed by atoms with van der Waals surface area (Å²) < 4.78 is 15.4. The molecule has 0 aliphatic carbocycles. The largest absolute Gasteiger partial charge is 0.469 e. The van der Waals surface area contributed by atoms with E-state index in [1.807, 2.05) is 27.7 Å². The average molecular weight is 373 g/mol. The Hall–Kier alpha value is -1.59. The van der Waals surface area contributed by atoms with Crippen LogP contribution in [0.3, 0.4) is 0 Å². The SMILES string of the molecule is CCC(C)(C)C(=O)OCCCOC(=O)C(C)(C)CC(C)(CC)C(=O)OC. The molecule has 0 aromatic rings. The first-order valence-electron chi connectivity index (χ1n) is 9.29. The highest BCUT2D eigenvalue weighted by molar-refractivity contribution is 5.80. The van der Waals surface area contributed by atoms with E-state index in [0.717, 1.165) is 0 Å². The Balaban J connectivity index is 4.46. The first kappa shape index (κ1) is 24.4. The maximum Gasteiger partial charge on any atom is 0.311 e. The Morgan fingerprint density at radius 2 is 1.19 bits per heavy atom. The fourth-order valence-corrected chi connectivity index (χ4v) is 2.56. The van der Waals surface area contributed by atoms with E-state index in [-0.39, 0.29) is 31.1 Å². The van der Waals surface area contributed by atoms with E-state index < -0.39 is 16.2 Å². The summed E-state index contributed by atoms with van der Waals surface area (Å²) in [5, 5.41) is 0. The predicted molar refractivity (Wildman–Crippen MR) is 99.4 cm³/mol. The highest BCUT2D eigenvalue weighted by Gasteiger charge is 2.42. The van der Waals surface area contributed by atoms with Gasteiger partial charge in [-0.15, -0.1) is 0 Å². The highest BCUT2D eigenvalue weighted by Crippen LogP contribution is 2.38. The van der Waals surface area contributed by atoms with E-state index in [0.29, 0.717) is 25.7 Å². The lowest BCUT2D eigenvalue weighted by atomic mass is 9.72. The topological polar surface area (TPSA) is 78.9 Å². The zero-order valence-corrected chi connectivity index (χ0v) is 17.7. The number of esters is 3. The van der Waals surface area contributed by atoms with Crippen LogP contribution < -0.4 is 0 Å². The van der Waals surface area contributed by atoms with Crippen molar-refractivity contribution >= 4 is 17.9 Å². The monoisotopic (exact) mass is 372 g/mol. The Morgan fingerprint density at radius 3 is 1.58 bits per heavy atom. The van der Waals surface area contributed by atoms with Gasteiger partial charge in [0.1, 0.15) is 0 Å². The van der Waals surface area contributed by atoms with Crippen LogP contribution in [0.25, 0.3) is 0 Å². The van der Waals surface area contributed by atoms with Crippen LogP contribution in [-0.4, -0.2) is 38.2 Å². The summed E-state index contributed by atoms with van der Waals surface area (Å²) in [4.78, 5) is 36.3. The number of hydrogen-bond donors (Lipinski definition) is 0. The molecule has 0 saturated heterocycles. The fourth-order valence-electron chi connectivity index (χ4n) is 2.56. The molecule has 0 radical (unpaired) electrons. The Bertz CT molecular complexity index is 495. The van der Waals surface area contributed by atoms with Crippen molar-refractivity contribution in [3.8, 4) is 0 Å². The third-order valence-electron chi connectivity index (χ3n) is 5.03. The molecule has 0 heterocycles. The van der Waals surface area contributed by atoms with Crippen molar-refractivity contribution in [2.45, 2.75) is 74.1 Å². The standard InChI is InChI=1S/C20H36O6/c1-9-18(3,4)15(21)25-12-11-13-26-16(22)19(5,6)14-20(7,10-2)17(23)24-8/h9-14H2,1-8H3. The van der Waals surface area contributed by atoms with E-state index in [2.05, 4.69) is 0 Å². The van der Waals surface area contributed by atoms with Gasteiger partial charge < -0.3 is 14.2 Å². The molecule has 0 bridgehead atoms. The second-order valence-electron chi connectivity index (χ2n) is 8.33. The molecule has 6 heteroatoms. The number of rotatable bonds is 11. The summed E-state index contributed by atoms with van der Waals surface area (Å²) in [6.45, 7) is 13.2. The van der Waals surface area contributed by atoms with Crippen LogP contribution in [0, 0.1) is 16.2 Å². The molecule has 0 aliphatic rings. The minimum absolute atomic E-state index is 0.170. The number of carbonyl (C=O) groups is 3. The van der Waals surface area contributed by atoms with Crippen molar-refractivity contribution in [2.75, 3.05) is 20.3 Å². The summed E-state index contributed by atoms with van der Waals surface area (Å²) >= 11 is 0. The van der Waals surface area contributed by atoms with Crippen molar-refractivity contribution in [3.05, 3.63) is 0 Å². The quantitative estimate of drug-likeness (QED) is 0.311. The zero-order valence-electron chi connectivity index (χ0n) is 17.7. The molecule has 0 saturated carbocycles. The molecule has 152 valence electrons. The molecule has 0 aromatic heterocycles. The molecule has 6 nitrogen and oxygen atoms in total. The van der Waals surface area contributed by atoms with Gasteiger partial charge >= 0.3 is 17.9 Å². The van der Waals surface area contributed by atoms with Gasteiger partial charge in [0.25, 0.3) is 0 Å². The molecule has 0 spiro atoms. The molecule has 0 aliphatic heterocycles. The summed E-state index contributed by atoms with van der Waals surface area (Å²) in [5.74, 6) is -0.948. The van der Waals surface area contributed by atoms with E-state index in [1.165, 1.54) is 7.11 Å². The Labute approximate surface area is 157 Å². The number of methoxy groups -OCH3 is 1. The normalized spacial score (nSPS) is 14.3. The zero-order chi connectivity index (χ0) is 20.6. The van der Waals surface area contributed by atoms with Gasteiger partial charge in [-0.25, -0.2) is 0 Å². The lowest BCUT2D eigenvalue weighted by molar-refractivity contribution is -0.162. The van der Waals surface area contributed by atoms with Gasteiger partial charge in [-0.1, -0.05) is 13.8 Å². The van der Waals surface area contributed by atoms with Crippen molar-refractivity contribution < 1.29 is 28.6 Å². The van der Waals surface area contributed by atoms with Gasteiger partial charge in [0, 0.05) is 6.42 Å². The van der Waals surface area contributed by atoms with Crippen LogP contribution in [0.5, 0.6) is 0 Å². The molecule has 0 fully saturated rings. The van der Waals surface area contributed by atoms with Crippen molar-refractivity contribution in [1.29, 1.82) is 0 Å². The van der Waals surface area contributed by atoms with Gasteiger partial charge in [0.15, 0.2) is 0 Å². The van der Waals surface area contributed by atoms with Gasteiger partial charge in [-0.3, -0.25) is 14.4 Å². The second-order valence-corrected chi connectivity index (χ2v) is 8.33. The predicted octanol–water partition coefficient (Wildman–Crippen LogP) is 3.90. The van der Waals surface area contributed by atoms with Crippen molar-refractivity contribution in [3.63, 3.8) is 0 Å². The molecule has 0 N–H and O–H groups in total. The minimum Gasteiger partial charge on any atom is -0.469 e. The van der Waals surface area contributed by atoms with E-state index >= 15 is 0 Å². The summed E-state index contributed by atoms with van der Waals surface area (Å²) in [6, 6.07) is 0. The van der Waals surface area contributed by atoms with Crippen LogP contribution in [0.1, 0.15) is 74.1 Å². The Kier molecular flexibility index (Phi) is 9.32. The molecule has 26 heavy (non-hydrogen) atoms. The molecular weight excluding hydrogens is 336 g/mol. The molecule has 1 unspecified atom stereocenters. The molecule has 1 atom stereocenters. The van der Waals surface area contributed by atoms with Gasteiger partial charge in [-0.2, -0.15) is 0 Å². The summed E-state index contributed by atoms with van der Waals surface area (Å²) in [6.07, 6.45) is 2.04. The minimum atomic E-state index is -0.820. The van der Waals surface area contributed by atoms with E-state index in [4.69, 9.17) is 14.2 Å². The Morgan fingerprint density at radius 1 is 0.731 bits per heavy atom. The third kappa shape index (κ3) is 6.96. The number of carbonyl (C=O) groups excluding carboxylic acids is 3. The number of ether oxygens (including phenoxy) is 3. The maximum atomic E-state index is 12.4. The highest BCUT2D eigenvalue weighted by atomic mass is 16.5. The summed E-state index contributed by atoms with van der Waals surface area (Å²) in [5.41, 5.74) is -2.06. The first-order valence-corrected chi connectivity index (χ1v) is 9.29. The molecule has 0 amide bonds.